The zero-order valence-electron chi connectivity index (χ0n) is 19.3. The van der Waals surface area contributed by atoms with E-state index in [1.165, 1.54) is 21.2 Å². The van der Waals surface area contributed by atoms with Crippen LogP contribution in [-0.4, -0.2) is 34.7 Å². The monoisotopic (exact) mass is 486 g/mol. The van der Waals surface area contributed by atoms with Crippen LogP contribution < -0.4 is 21.2 Å². The molecule has 0 spiro atoms. The van der Waals surface area contributed by atoms with Gasteiger partial charge >= 0.3 is 0 Å². The van der Waals surface area contributed by atoms with Crippen molar-refractivity contribution in [1.82, 2.24) is 0 Å². The maximum absolute atomic E-state index is 10.9. The summed E-state index contributed by atoms with van der Waals surface area (Å²) in [4.78, 5) is 0. The molecule has 0 fully saturated rings. The van der Waals surface area contributed by atoms with E-state index in [-0.39, 0.29) is 0 Å². The Morgan fingerprint density at radius 2 is 0.647 bits per heavy atom. The number of aliphatic hydroxyl groups excluding tert-OH is 2. The molecule has 0 aromatic heterocycles. The lowest BCUT2D eigenvalue weighted by Crippen LogP contribution is -2.29. The van der Waals surface area contributed by atoms with E-state index in [4.69, 9.17) is 0 Å². The molecule has 4 aromatic carbocycles. The van der Waals surface area contributed by atoms with Crippen LogP contribution >= 0.6 is 15.8 Å². The Labute approximate surface area is 205 Å². The Hall–Kier alpha value is -2.34. The first-order valence-corrected chi connectivity index (χ1v) is 14.9. The molecule has 4 aromatic rings. The molecule has 2 nitrogen and oxygen atoms in total. The van der Waals surface area contributed by atoms with Gasteiger partial charge in [-0.05, 0) is 62.2 Å². The van der Waals surface area contributed by atoms with Crippen molar-refractivity contribution < 1.29 is 10.2 Å². The summed E-state index contributed by atoms with van der Waals surface area (Å²) >= 11 is 0. The topological polar surface area (TPSA) is 40.5 Å². The second-order valence-corrected chi connectivity index (χ2v) is 13.0. The van der Waals surface area contributed by atoms with Gasteiger partial charge in [0.25, 0.3) is 0 Å². The number of aliphatic hydroxyl groups is 2. The molecule has 0 aliphatic heterocycles. The molecule has 0 saturated heterocycles. The van der Waals surface area contributed by atoms with Crippen LogP contribution in [0.1, 0.15) is 12.8 Å². The average molecular weight is 487 g/mol. The SMILES string of the molecule is OC(CCP(c1ccccc1)c1ccccc1)C(O)CCP(c1ccccc1)c1ccccc1. The minimum atomic E-state index is -0.721. The first kappa shape index (κ1) is 24.8. The third-order valence-electron chi connectivity index (χ3n) is 6.01. The van der Waals surface area contributed by atoms with Crippen LogP contribution in [0.3, 0.4) is 0 Å². The highest BCUT2D eigenvalue weighted by molar-refractivity contribution is 7.73. The molecule has 0 heterocycles. The highest BCUT2D eigenvalue weighted by Gasteiger charge is 2.22. The van der Waals surface area contributed by atoms with Crippen LogP contribution in [-0.2, 0) is 0 Å². The number of hydrogen-bond acceptors (Lipinski definition) is 2. The van der Waals surface area contributed by atoms with Crippen molar-refractivity contribution in [3.8, 4) is 0 Å². The van der Waals surface area contributed by atoms with Gasteiger partial charge in [-0.25, -0.2) is 0 Å². The lowest BCUT2D eigenvalue weighted by molar-refractivity contribution is 0.0169. The quantitative estimate of drug-likeness (QED) is 0.300. The highest BCUT2D eigenvalue weighted by atomic mass is 31.1. The van der Waals surface area contributed by atoms with E-state index in [0.717, 1.165) is 12.3 Å². The largest absolute Gasteiger partial charge is 0.390 e. The molecule has 2 N–H and O–H groups in total. The standard InChI is InChI=1S/C30H32O2P2/c31-29(21-23-33(25-13-5-1-6-14-25)26-15-7-2-8-16-26)30(32)22-24-34(27-17-9-3-10-18-27)28-19-11-4-12-20-28/h1-20,29-32H,21-24H2. The summed E-state index contributed by atoms with van der Waals surface area (Å²) < 4.78 is 0. The van der Waals surface area contributed by atoms with E-state index in [2.05, 4.69) is 97.1 Å². The molecule has 2 atom stereocenters. The van der Waals surface area contributed by atoms with E-state index in [0.29, 0.717) is 12.8 Å². The fraction of sp³-hybridized carbons (Fsp3) is 0.200. The molecule has 34 heavy (non-hydrogen) atoms. The summed E-state index contributed by atoms with van der Waals surface area (Å²) in [6, 6.07) is 42.2. The van der Waals surface area contributed by atoms with Gasteiger partial charge in [0.2, 0.25) is 0 Å². The van der Waals surface area contributed by atoms with Gasteiger partial charge in [0.1, 0.15) is 0 Å². The Balaban J connectivity index is 1.40. The first-order chi connectivity index (χ1) is 16.7. The Kier molecular flexibility index (Phi) is 9.43. The first-order valence-electron chi connectivity index (χ1n) is 11.8. The third kappa shape index (κ3) is 6.84. The van der Waals surface area contributed by atoms with E-state index in [1.54, 1.807) is 0 Å². The molecule has 4 heteroatoms. The molecule has 4 rings (SSSR count). The van der Waals surface area contributed by atoms with Crippen molar-refractivity contribution in [2.75, 3.05) is 12.3 Å². The lowest BCUT2D eigenvalue weighted by atomic mass is 10.1. The molecular weight excluding hydrogens is 454 g/mol. The zero-order chi connectivity index (χ0) is 23.6. The molecule has 2 unspecified atom stereocenters. The normalized spacial score (nSPS) is 13.2. The second kappa shape index (κ2) is 12.9. The zero-order valence-corrected chi connectivity index (χ0v) is 21.1. The molecule has 0 amide bonds. The number of hydrogen-bond donors (Lipinski definition) is 2. The van der Waals surface area contributed by atoms with Crippen LogP contribution in [0.2, 0.25) is 0 Å². The maximum Gasteiger partial charge on any atom is 0.0802 e. The fourth-order valence-electron chi connectivity index (χ4n) is 4.15. The summed E-state index contributed by atoms with van der Waals surface area (Å²) in [6.45, 7) is 0. The minimum absolute atomic E-state index is 0.569. The molecule has 0 aliphatic rings. The van der Waals surface area contributed by atoms with Crippen molar-refractivity contribution in [2.24, 2.45) is 0 Å². The van der Waals surface area contributed by atoms with E-state index < -0.39 is 28.1 Å². The van der Waals surface area contributed by atoms with Gasteiger partial charge in [-0.2, -0.15) is 0 Å². The van der Waals surface area contributed by atoms with Gasteiger partial charge in [-0.1, -0.05) is 121 Å². The fourth-order valence-corrected chi connectivity index (χ4v) is 8.96. The Morgan fingerprint density at radius 1 is 0.412 bits per heavy atom. The summed E-state index contributed by atoms with van der Waals surface area (Å²) in [5.41, 5.74) is 0. The summed E-state index contributed by atoms with van der Waals surface area (Å²) in [7, 11) is -1.14. The van der Waals surface area contributed by atoms with Gasteiger partial charge in [-0.3, -0.25) is 0 Å². The Morgan fingerprint density at radius 3 is 0.882 bits per heavy atom. The van der Waals surface area contributed by atoms with Crippen LogP contribution in [0.25, 0.3) is 0 Å². The minimum Gasteiger partial charge on any atom is -0.390 e. The van der Waals surface area contributed by atoms with Crippen molar-refractivity contribution in [2.45, 2.75) is 25.0 Å². The smallest absolute Gasteiger partial charge is 0.0802 e. The molecule has 0 saturated carbocycles. The lowest BCUT2D eigenvalue weighted by Gasteiger charge is -2.25. The Bertz CT molecular complexity index is 922. The van der Waals surface area contributed by atoms with Crippen LogP contribution in [0.4, 0.5) is 0 Å². The second-order valence-electron chi connectivity index (χ2n) is 8.36. The number of rotatable bonds is 11. The molecule has 174 valence electrons. The van der Waals surface area contributed by atoms with Crippen molar-refractivity contribution in [1.29, 1.82) is 0 Å². The summed E-state index contributed by atoms with van der Waals surface area (Å²) in [5.74, 6) is 0. The van der Waals surface area contributed by atoms with Crippen LogP contribution in [0, 0.1) is 0 Å². The van der Waals surface area contributed by atoms with Crippen molar-refractivity contribution in [3.63, 3.8) is 0 Å². The van der Waals surface area contributed by atoms with Gasteiger partial charge < -0.3 is 10.2 Å². The van der Waals surface area contributed by atoms with Crippen LogP contribution in [0.15, 0.2) is 121 Å². The van der Waals surface area contributed by atoms with Gasteiger partial charge in [0.15, 0.2) is 0 Å². The molecule has 0 radical (unpaired) electrons. The van der Waals surface area contributed by atoms with E-state index >= 15 is 0 Å². The van der Waals surface area contributed by atoms with Crippen molar-refractivity contribution >= 4 is 37.1 Å². The molecule has 0 bridgehead atoms. The maximum atomic E-state index is 10.9. The average Bonchev–Trinajstić information content (AvgIpc) is 2.91. The van der Waals surface area contributed by atoms with E-state index in [9.17, 15) is 10.2 Å². The molecular formula is C30H32O2P2. The third-order valence-corrected chi connectivity index (χ3v) is 11.1. The predicted molar refractivity (Wildman–Crippen MR) is 149 cm³/mol. The predicted octanol–water partition coefficient (Wildman–Crippen LogP) is 4.75. The van der Waals surface area contributed by atoms with Crippen LogP contribution in [0.5, 0.6) is 0 Å². The van der Waals surface area contributed by atoms with E-state index in [1.807, 2.05) is 24.3 Å². The molecule has 0 aliphatic carbocycles. The van der Waals surface area contributed by atoms with Crippen molar-refractivity contribution in [3.05, 3.63) is 121 Å². The highest BCUT2D eigenvalue weighted by Crippen LogP contribution is 2.37. The summed E-state index contributed by atoms with van der Waals surface area (Å²) in [5, 5.41) is 27.0. The van der Waals surface area contributed by atoms with Gasteiger partial charge in [0.05, 0.1) is 12.2 Å². The van der Waals surface area contributed by atoms with Gasteiger partial charge in [0, 0.05) is 0 Å². The summed E-state index contributed by atoms with van der Waals surface area (Å²) in [6.07, 6.45) is 1.44. The number of benzene rings is 4. The van der Waals surface area contributed by atoms with Gasteiger partial charge in [-0.15, -0.1) is 0 Å².